The first kappa shape index (κ1) is 30.4. The number of anilines is 1. The number of piperazine rings is 1. The highest BCUT2D eigenvalue weighted by Gasteiger charge is 2.35. The van der Waals surface area contributed by atoms with Gasteiger partial charge in [-0.2, -0.15) is 13.2 Å². The molecule has 0 aliphatic carbocycles. The van der Waals surface area contributed by atoms with Crippen molar-refractivity contribution < 1.29 is 27.5 Å². The van der Waals surface area contributed by atoms with Crippen LogP contribution in [0, 0.1) is 0 Å². The number of aromatic amines is 1. The fourth-order valence-corrected chi connectivity index (χ4v) is 5.97. The number of nitrogens with zero attached hydrogens (tertiary/aromatic N) is 4. The molecule has 2 aromatic heterocycles. The van der Waals surface area contributed by atoms with Crippen molar-refractivity contribution in [2.45, 2.75) is 32.1 Å². The van der Waals surface area contributed by atoms with Crippen LogP contribution in [0.2, 0.25) is 0 Å². The molecule has 2 aliphatic heterocycles. The Morgan fingerprint density at radius 3 is 2.60 bits per heavy atom. The molecule has 0 unspecified atom stereocenters. The van der Waals surface area contributed by atoms with E-state index >= 15 is 0 Å². The molecule has 13 heteroatoms. The monoisotopic (exact) mass is 621 g/mol. The van der Waals surface area contributed by atoms with E-state index in [1.165, 1.54) is 12.1 Å². The smallest absolute Gasteiger partial charge is 0.416 e. The number of aromatic nitrogens is 2. The van der Waals surface area contributed by atoms with Gasteiger partial charge in [-0.15, -0.1) is 0 Å². The minimum atomic E-state index is -4.56. The molecule has 236 valence electrons. The van der Waals surface area contributed by atoms with E-state index in [9.17, 15) is 22.8 Å². The lowest BCUT2D eigenvalue weighted by molar-refractivity contribution is -0.138. The fraction of sp³-hybridized carbons (Fsp3) is 0.344. The van der Waals surface area contributed by atoms with Crippen molar-refractivity contribution in [3.8, 4) is 11.5 Å². The van der Waals surface area contributed by atoms with Gasteiger partial charge >= 0.3 is 12.2 Å². The molecule has 1 fully saturated rings. The maximum absolute atomic E-state index is 14.1. The Morgan fingerprint density at radius 1 is 1.09 bits per heavy atom. The van der Waals surface area contributed by atoms with Crippen molar-refractivity contribution in [2.75, 3.05) is 45.1 Å². The van der Waals surface area contributed by atoms with Gasteiger partial charge in [0.15, 0.2) is 0 Å². The van der Waals surface area contributed by atoms with Crippen molar-refractivity contribution >= 4 is 28.7 Å². The Balaban J connectivity index is 1.17. The number of nitrogens with one attached hydrogen (secondary N) is 2. The fourth-order valence-electron chi connectivity index (χ4n) is 5.97. The molecule has 6 rings (SSSR count). The van der Waals surface area contributed by atoms with Gasteiger partial charge in [-0.1, -0.05) is 19.1 Å². The van der Waals surface area contributed by atoms with Crippen LogP contribution in [0.3, 0.4) is 0 Å². The summed E-state index contributed by atoms with van der Waals surface area (Å²) in [5.74, 6) is 0.360. The summed E-state index contributed by atoms with van der Waals surface area (Å²) in [6.07, 6.45) is -3.01. The number of hydrogen-bond acceptors (Lipinski definition) is 6. The third-order valence-electron chi connectivity index (χ3n) is 8.43. The Hall–Kier alpha value is -4.62. The summed E-state index contributed by atoms with van der Waals surface area (Å²) in [5.41, 5.74) is 7.51. The van der Waals surface area contributed by atoms with Crippen LogP contribution in [-0.4, -0.2) is 76.4 Å². The molecule has 1 atom stereocenters. The average molecular weight is 622 g/mol. The summed E-state index contributed by atoms with van der Waals surface area (Å²) in [6.45, 7) is 5.84. The minimum absolute atomic E-state index is 0.0133. The van der Waals surface area contributed by atoms with Crippen LogP contribution in [0.5, 0.6) is 11.5 Å². The first-order valence-electron chi connectivity index (χ1n) is 14.7. The number of hydrogen-bond donors (Lipinski definition) is 3. The SMILES string of the molecule is C[C@H]1CN(C(=O)Nc2ccc(CN3CCN(C)CC3)c(C(F)(F)F)c2)Cc2cc(Oc3ccnc4[nH]c(C(N)=O)cc34)ccc21. The summed E-state index contributed by atoms with van der Waals surface area (Å²) < 4.78 is 48.4. The number of halogens is 3. The number of carbonyl (C=O) groups excluding carboxylic acids is 2. The first-order valence-corrected chi connectivity index (χ1v) is 14.7. The molecule has 10 nitrogen and oxygen atoms in total. The van der Waals surface area contributed by atoms with Gasteiger partial charge in [-0.3, -0.25) is 9.69 Å². The van der Waals surface area contributed by atoms with Crippen molar-refractivity contribution in [1.29, 1.82) is 0 Å². The van der Waals surface area contributed by atoms with Gasteiger partial charge in [-0.25, -0.2) is 9.78 Å². The molecule has 2 aliphatic rings. The molecular weight excluding hydrogens is 587 g/mol. The molecule has 0 radical (unpaired) electrons. The molecule has 0 bridgehead atoms. The number of likely N-dealkylation sites (N-methyl/N-ethyl adjacent to an activating group) is 1. The van der Waals surface area contributed by atoms with E-state index in [2.05, 4.69) is 20.2 Å². The Kier molecular flexibility index (Phi) is 8.14. The predicted octanol–water partition coefficient (Wildman–Crippen LogP) is 5.37. The maximum Gasteiger partial charge on any atom is 0.416 e. The number of benzene rings is 2. The van der Waals surface area contributed by atoms with Gasteiger partial charge in [-0.05, 0) is 66.1 Å². The topological polar surface area (TPSA) is 120 Å². The highest BCUT2D eigenvalue weighted by Crippen LogP contribution is 2.37. The van der Waals surface area contributed by atoms with E-state index in [1.807, 2.05) is 37.1 Å². The molecule has 2 aromatic carbocycles. The van der Waals surface area contributed by atoms with Crippen LogP contribution in [0.1, 0.15) is 45.6 Å². The third kappa shape index (κ3) is 6.59. The van der Waals surface area contributed by atoms with Gasteiger partial charge in [0.25, 0.3) is 5.91 Å². The van der Waals surface area contributed by atoms with Gasteiger partial charge in [0.2, 0.25) is 0 Å². The van der Waals surface area contributed by atoms with Crippen LogP contribution >= 0.6 is 0 Å². The van der Waals surface area contributed by atoms with E-state index in [1.54, 1.807) is 23.2 Å². The highest BCUT2D eigenvalue weighted by atomic mass is 19.4. The molecule has 4 heterocycles. The molecule has 0 saturated carbocycles. The third-order valence-corrected chi connectivity index (χ3v) is 8.43. The molecular formula is C32H34F3N7O3. The second-order valence-electron chi connectivity index (χ2n) is 11.7. The largest absolute Gasteiger partial charge is 0.457 e. The van der Waals surface area contributed by atoms with E-state index in [-0.39, 0.29) is 36.0 Å². The minimum Gasteiger partial charge on any atom is -0.457 e. The average Bonchev–Trinajstić information content (AvgIpc) is 3.44. The van der Waals surface area contributed by atoms with Gasteiger partial charge in [0.1, 0.15) is 22.8 Å². The zero-order valence-corrected chi connectivity index (χ0v) is 24.9. The molecule has 0 spiro atoms. The number of nitrogens with two attached hydrogens (primary N) is 1. The van der Waals surface area contributed by atoms with Crippen LogP contribution in [0.4, 0.5) is 23.7 Å². The van der Waals surface area contributed by atoms with E-state index in [0.717, 1.165) is 30.3 Å². The standard InChI is InChI=1S/C32H34F3N7O3/c1-19-16-42(31(44)38-22-4-3-20(26(14-22)32(33,34)35)17-41-11-9-40(2)10-12-41)18-21-13-23(5-6-24(19)21)45-28-7-8-37-30-25(28)15-27(39-30)29(36)43/h3-8,13-15,19H,9-12,16-18H2,1-2H3,(H2,36,43)(H,37,39)(H,38,44)/t19-/m0/s1. The molecule has 1 saturated heterocycles. The molecule has 4 aromatic rings. The zero-order valence-electron chi connectivity index (χ0n) is 24.9. The quantitative estimate of drug-likeness (QED) is 0.266. The lowest BCUT2D eigenvalue weighted by Gasteiger charge is -2.34. The normalized spacial score (nSPS) is 17.7. The first-order chi connectivity index (χ1) is 21.4. The van der Waals surface area contributed by atoms with Crippen LogP contribution in [-0.2, 0) is 19.3 Å². The second kappa shape index (κ2) is 12.1. The summed E-state index contributed by atoms with van der Waals surface area (Å²) in [5, 5.41) is 3.27. The summed E-state index contributed by atoms with van der Waals surface area (Å²) in [4.78, 5) is 37.8. The van der Waals surface area contributed by atoms with Crippen molar-refractivity contribution in [3.63, 3.8) is 0 Å². The van der Waals surface area contributed by atoms with Crippen molar-refractivity contribution in [2.24, 2.45) is 5.73 Å². The van der Waals surface area contributed by atoms with E-state index < -0.39 is 23.7 Å². The molecule has 3 amide bonds. The number of rotatable bonds is 6. The van der Waals surface area contributed by atoms with Crippen LogP contribution in [0.15, 0.2) is 54.7 Å². The number of urea groups is 1. The Morgan fingerprint density at radius 2 is 1.87 bits per heavy atom. The Labute approximate surface area is 257 Å². The number of carbonyl (C=O) groups is 2. The number of H-pyrrole nitrogens is 1. The van der Waals surface area contributed by atoms with E-state index in [4.69, 9.17) is 10.5 Å². The Bertz CT molecular complexity index is 1750. The van der Waals surface area contributed by atoms with Crippen molar-refractivity contribution in [1.82, 2.24) is 24.7 Å². The van der Waals surface area contributed by atoms with Crippen molar-refractivity contribution in [3.05, 3.63) is 82.7 Å². The van der Waals surface area contributed by atoms with Crippen LogP contribution in [0.25, 0.3) is 11.0 Å². The number of alkyl halides is 3. The zero-order chi connectivity index (χ0) is 31.9. The lowest BCUT2D eigenvalue weighted by atomic mass is 9.91. The lowest BCUT2D eigenvalue weighted by Crippen LogP contribution is -2.44. The predicted molar refractivity (Wildman–Crippen MR) is 163 cm³/mol. The number of ether oxygens (including phenoxy) is 1. The number of pyridine rings is 1. The number of primary amides is 1. The number of fused-ring (bicyclic) bond motifs is 2. The maximum atomic E-state index is 14.1. The highest BCUT2D eigenvalue weighted by molar-refractivity contribution is 5.97. The molecule has 45 heavy (non-hydrogen) atoms. The summed E-state index contributed by atoms with van der Waals surface area (Å²) >= 11 is 0. The summed E-state index contributed by atoms with van der Waals surface area (Å²) in [7, 11) is 2.00. The van der Waals surface area contributed by atoms with Gasteiger partial charge in [0, 0.05) is 57.7 Å². The molecule has 4 N–H and O–H groups in total. The van der Waals surface area contributed by atoms with Gasteiger partial charge in [0.05, 0.1) is 10.9 Å². The van der Waals surface area contributed by atoms with Gasteiger partial charge < -0.3 is 30.6 Å². The van der Waals surface area contributed by atoms with Crippen LogP contribution < -0.4 is 15.8 Å². The van der Waals surface area contributed by atoms with E-state index in [0.29, 0.717) is 42.2 Å². The second-order valence-corrected chi connectivity index (χ2v) is 11.7. The number of amides is 3. The summed E-state index contributed by atoms with van der Waals surface area (Å²) in [6, 6.07) is 12.4.